The summed E-state index contributed by atoms with van der Waals surface area (Å²) in [5.74, 6) is -2.71. The number of benzene rings is 1. The highest BCUT2D eigenvalue weighted by molar-refractivity contribution is 5.93. The van der Waals surface area contributed by atoms with Crippen molar-refractivity contribution in [2.75, 3.05) is 6.54 Å². The van der Waals surface area contributed by atoms with Gasteiger partial charge in [-0.15, -0.1) is 0 Å². The van der Waals surface area contributed by atoms with Gasteiger partial charge in [-0.3, -0.25) is 14.9 Å². The van der Waals surface area contributed by atoms with Gasteiger partial charge in [0.25, 0.3) is 0 Å². The third-order valence-electron chi connectivity index (χ3n) is 4.77. The topological polar surface area (TPSA) is 87.3 Å². The first-order valence-corrected chi connectivity index (χ1v) is 9.08. The van der Waals surface area contributed by atoms with Crippen LogP contribution in [0.4, 0.5) is 13.6 Å². The Hall–Kier alpha value is -2.51. The number of imide groups is 1. The molecule has 1 aliphatic rings. The van der Waals surface area contributed by atoms with Crippen LogP contribution in [0.3, 0.4) is 0 Å². The second-order valence-corrected chi connectivity index (χ2v) is 6.99. The summed E-state index contributed by atoms with van der Waals surface area (Å²) in [6.07, 6.45) is 3.72. The van der Waals surface area contributed by atoms with Gasteiger partial charge < -0.3 is 10.6 Å². The molecule has 0 bridgehead atoms. The van der Waals surface area contributed by atoms with E-state index in [9.17, 15) is 23.2 Å². The summed E-state index contributed by atoms with van der Waals surface area (Å²) in [7, 11) is 0. The van der Waals surface area contributed by atoms with Gasteiger partial charge in [0.15, 0.2) is 0 Å². The molecule has 4 amide bonds. The number of amides is 4. The standard InChI is InChI=1S/C19H25F2N3O3/c1-11(10-22-19(27)23-12(2)25)18(26)24-17(13-5-3-4-6-13)15-8-7-14(20)9-16(15)21/h7-9,11,13,17H,3-6,10H2,1-2H3,(H,24,26)(H2,22,23,25,27). The van der Waals surface area contributed by atoms with Crippen LogP contribution in [0.5, 0.6) is 0 Å². The summed E-state index contributed by atoms with van der Waals surface area (Å²) in [5, 5.41) is 7.36. The van der Waals surface area contributed by atoms with Crippen molar-refractivity contribution < 1.29 is 23.2 Å². The monoisotopic (exact) mass is 381 g/mol. The van der Waals surface area contributed by atoms with Crippen molar-refractivity contribution in [1.29, 1.82) is 0 Å². The number of rotatable bonds is 6. The van der Waals surface area contributed by atoms with E-state index in [4.69, 9.17) is 0 Å². The fraction of sp³-hybridized carbons (Fsp3) is 0.526. The minimum atomic E-state index is -0.682. The van der Waals surface area contributed by atoms with Crippen molar-refractivity contribution >= 4 is 17.8 Å². The molecular weight excluding hydrogens is 356 g/mol. The van der Waals surface area contributed by atoms with Crippen LogP contribution in [-0.2, 0) is 9.59 Å². The van der Waals surface area contributed by atoms with Crippen molar-refractivity contribution in [3.63, 3.8) is 0 Å². The Bertz CT molecular complexity index is 705. The predicted octanol–water partition coefficient (Wildman–Crippen LogP) is 2.79. The Labute approximate surface area is 157 Å². The van der Waals surface area contributed by atoms with Crippen LogP contribution < -0.4 is 16.0 Å². The Morgan fingerprint density at radius 2 is 1.85 bits per heavy atom. The van der Waals surface area contributed by atoms with E-state index in [1.165, 1.54) is 19.1 Å². The zero-order valence-corrected chi connectivity index (χ0v) is 15.5. The third kappa shape index (κ3) is 6.01. The van der Waals surface area contributed by atoms with E-state index in [1.54, 1.807) is 6.92 Å². The molecular formula is C19H25F2N3O3. The van der Waals surface area contributed by atoms with E-state index in [2.05, 4.69) is 16.0 Å². The summed E-state index contributed by atoms with van der Waals surface area (Å²) < 4.78 is 27.5. The van der Waals surface area contributed by atoms with E-state index in [-0.39, 0.29) is 23.9 Å². The fourth-order valence-electron chi connectivity index (χ4n) is 3.33. The van der Waals surface area contributed by atoms with Gasteiger partial charge in [0, 0.05) is 25.1 Å². The van der Waals surface area contributed by atoms with Crippen LogP contribution in [0.1, 0.15) is 51.1 Å². The molecule has 3 N–H and O–H groups in total. The lowest BCUT2D eigenvalue weighted by Crippen LogP contribution is -2.44. The van der Waals surface area contributed by atoms with E-state index < -0.39 is 35.5 Å². The van der Waals surface area contributed by atoms with Crippen molar-refractivity contribution in [1.82, 2.24) is 16.0 Å². The molecule has 0 spiro atoms. The molecule has 1 aliphatic carbocycles. The molecule has 6 nitrogen and oxygen atoms in total. The fourth-order valence-corrected chi connectivity index (χ4v) is 3.33. The first kappa shape index (κ1) is 20.8. The average molecular weight is 381 g/mol. The molecule has 2 unspecified atom stereocenters. The molecule has 0 aliphatic heterocycles. The van der Waals surface area contributed by atoms with E-state index >= 15 is 0 Å². The van der Waals surface area contributed by atoms with Gasteiger partial charge in [0.2, 0.25) is 11.8 Å². The average Bonchev–Trinajstić information content (AvgIpc) is 3.11. The van der Waals surface area contributed by atoms with Crippen LogP contribution >= 0.6 is 0 Å². The smallest absolute Gasteiger partial charge is 0.321 e. The molecule has 8 heteroatoms. The number of hydrogen-bond donors (Lipinski definition) is 3. The van der Waals surface area contributed by atoms with Gasteiger partial charge in [-0.25, -0.2) is 13.6 Å². The highest BCUT2D eigenvalue weighted by Crippen LogP contribution is 2.37. The number of hydrogen-bond acceptors (Lipinski definition) is 3. The summed E-state index contributed by atoms with van der Waals surface area (Å²) in [6.45, 7) is 2.85. The molecule has 2 atom stereocenters. The summed E-state index contributed by atoms with van der Waals surface area (Å²) in [5.41, 5.74) is 0.270. The molecule has 148 valence electrons. The van der Waals surface area contributed by atoms with Crippen molar-refractivity contribution in [2.45, 2.75) is 45.6 Å². The molecule has 1 aromatic rings. The molecule has 27 heavy (non-hydrogen) atoms. The molecule has 0 heterocycles. The molecule has 0 radical (unpaired) electrons. The summed E-state index contributed by atoms with van der Waals surface area (Å²) in [6, 6.07) is 2.15. The minimum Gasteiger partial charge on any atom is -0.349 e. The van der Waals surface area contributed by atoms with Gasteiger partial charge in [-0.2, -0.15) is 0 Å². The SMILES string of the molecule is CC(=O)NC(=O)NCC(C)C(=O)NC(c1ccc(F)cc1F)C1CCCC1. The normalized spacial score (nSPS) is 16.4. The van der Waals surface area contributed by atoms with Crippen LogP contribution in [-0.4, -0.2) is 24.4 Å². The maximum atomic E-state index is 14.3. The Morgan fingerprint density at radius 1 is 1.19 bits per heavy atom. The van der Waals surface area contributed by atoms with Crippen LogP contribution in [0.2, 0.25) is 0 Å². The predicted molar refractivity (Wildman–Crippen MR) is 95.6 cm³/mol. The quantitative estimate of drug-likeness (QED) is 0.708. The Kier molecular flexibility index (Phi) is 7.27. The van der Waals surface area contributed by atoms with Crippen LogP contribution in [0.25, 0.3) is 0 Å². The summed E-state index contributed by atoms with van der Waals surface area (Å²) >= 11 is 0. The van der Waals surface area contributed by atoms with Crippen LogP contribution in [0.15, 0.2) is 18.2 Å². The second kappa shape index (κ2) is 9.43. The lowest BCUT2D eigenvalue weighted by Gasteiger charge is -2.27. The van der Waals surface area contributed by atoms with Crippen molar-refractivity contribution in [3.8, 4) is 0 Å². The zero-order valence-electron chi connectivity index (χ0n) is 15.5. The maximum absolute atomic E-state index is 14.3. The number of carbonyl (C=O) groups excluding carboxylic acids is 3. The molecule has 1 aromatic carbocycles. The van der Waals surface area contributed by atoms with Crippen LogP contribution in [0, 0.1) is 23.5 Å². The number of carbonyl (C=O) groups is 3. The summed E-state index contributed by atoms with van der Waals surface area (Å²) in [4.78, 5) is 34.8. The first-order chi connectivity index (χ1) is 12.8. The lowest BCUT2D eigenvalue weighted by molar-refractivity contribution is -0.125. The number of nitrogens with one attached hydrogen (secondary N) is 3. The zero-order chi connectivity index (χ0) is 20.0. The van der Waals surface area contributed by atoms with Gasteiger partial charge in [-0.1, -0.05) is 25.8 Å². The second-order valence-electron chi connectivity index (χ2n) is 6.99. The molecule has 2 rings (SSSR count). The molecule has 1 saturated carbocycles. The van der Waals surface area contributed by atoms with E-state index in [0.29, 0.717) is 0 Å². The lowest BCUT2D eigenvalue weighted by atomic mass is 9.90. The van der Waals surface area contributed by atoms with E-state index in [0.717, 1.165) is 31.7 Å². The van der Waals surface area contributed by atoms with Gasteiger partial charge in [0.1, 0.15) is 11.6 Å². The van der Waals surface area contributed by atoms with Crippen molar-refractivity contribution in [3.05, 3.63) is 35.4 Å². The highest BCUT2D eigenvalue weighted by Gasteiger charge is 2.31. The molecule has 0 aromatic heterocycles. The largest absolute Gasteiger partial charge is 0.349 e. The van der Waals surface area contributed by atoms with Crippen molar-refractivity contribution in [2.24, 2.45) is 11.8 Å². The molecule has 0 saturated heterocycles. The van der Waals surface area contributed by atoms with E-state index in [1.807, 2.05) is 0 Å². The van der Waals surface area contributed by atoms with Gasteiger partial charge in [0.05, 0.1) is 12.0 Å². The number of urea groups is 1. The van der Waals surface area contributed by atoms with Gasteiger partial charge in [-0.05, 0) is 24.8 Å². The molecule has 1 fully saturated rings. The maximum Gasteiger partial charge on any atom is 0.321 e. The Morgan fingerprint density at radius 3 is 2.44 bits per heavy atom. The minimum absolute atomic E-state index is 0.0221. The number of halogens is 2. The first-order valence-electron chi connectivity index (χ1n) is 9.08. The third-order valence-corrected chi connectivity index (χ3v) is 4.77. The Balaban J connectivity index is 2.04. The van der Waals surface area contributed by atoms with Gasteiger partial charge >= 0.3 is 6.03 Å². The highest BCUT2D eigenvalue weighted by atomic mass is 19.1.